The van der Waals surface area contributed by atoms with Crippen molar-refractivity contribution in [2.45, 2.75) is 38.5 Å². The van der Waals surface area contributed by atoms with Gasteiger partial charge in [-0.1, -0.05) is 11.1 Å². The molecule has 1 heteroatoms. The summed E-state index contributed by atoms with van der Waals surface area (Å²) >= 11 is 0. The number of Topliss-reactive ketones (excluding diaryl/α,β-unsaturated/α-hetero) is 1. The van der Waals surface area contributed by atoms with E-state index in [-0.39, 0.29) is 0 Å². The van der Waals surface area contributed by atoms with Gasteiger partial charge in [-0.05, 0) is 25.7 Å². The highest BCUT2D eigenvalue weighted by Crippen LogP contribution is 2.34. The number of allylic oxidation sites excluding steroid dienone is 2. The first-order valence-electron chi connectivity index (χ1n) is 4.08. The van der Waals surface area contributed by atoms with Gasteiger partial charge in [-0.25, -0.2) is 0 Å². The highest BCUT2D eigenvalue weighted by atomic mass is 16.1. The Hall–Kier alpha value is -0.590. The van der Waals surface area contributed by atoms with Gasteiger partial charge in [0, 0.05) is 12.8 Å². The van der Waals surface area contributed by atoms with Gasteiger partial charge in [0.25, 0.3) is 0 Å². The quantitative estimate of drug-likeness (QED) is 0.467. The maximum Gasteiger partial charge on any atom is 0.140 e. The number of hydrogen-bond acceptors (Lipinski definition) is 1. The maximum atomic E-state index is 11.0. The molecule has 0 atom stereocenters. The molecule has 2 aliphatic rings. The number of hydrogen-bond donors (Lipinski definition) is 0. The Balaban J connectivity index is 2.20. The summed E-state index contributed by atoms with van der Waals surface area (Å²) in [6, 6.07) is 0. The van der Waals surface area contributed by atoms with Crippen LogP contribution in [0.15, 0.2) is 11.1 Å². The lowest BCUT2D eigenvalue weighted by atomic mass is 9.94. The Bertz CT molecular complexity index is 181. The number of ketones is 1. The smallest absolute Gasteiger partial charge is 0.140 e. The third-order valence-electron chi connectivity index (χ3n) is 2.53. The second-order valence-corrected chi connectivity index (χ2v) is 3.31. The first-order chi connectivity index (χ1) is 4.86. The SMILES string of the molecule is O=C1CC2=C(CCCC2)C1. The Morgan fingerprint density at radius 1 is 0.900 bits per heavy atom. The molecular weight excluding hydrogens is 124 g/mol. The molecule has 0 aromatic carbocycles. The van der Waals surface area contributed by atoms with E-state index in [1.54, 1.807) is 0 Å². The third-order valence-corrected chi connectivity index (χ3v) is 2.53. The number of carbonyl (C=O) groups is 1. The van der Waals surface area contributed by atoms with Gasteiger partial charge >= 0.3 is 0 Å². The number of rotatable bonds is 0. The number of carbonyl (C=O) groups excluding carboxylic acids is 1. The van der Waals surface area contributed by atoms with Gasteiger partial charge in [0.1, 0.15) is 5.78 Å². The van der Waals surface area contributed by atoms with E-state index in [1.807, 2.05) is 0 Å². The van der Waals surface area contributed by atoms with Crippen molar-refractivity contribution >= 4 is 5.78 Å². The van der Waals surface area contributed by atoms with Crippen molar-refractivity contribution in [1.82, 2.24) is 0 Å². The molecule has 0 aromatic rings. The van der Waals surface area contributed by atoms with Crippen molar-refractivity contribution in [2.75, 3.05) is 0 Å². The zero-order valence-electron chi connectivity index (χ0n) is 6.15. The topological polar surface area (TPSA) is 17.1 Å². The van der Waals surface area contributed by atoms with Crippen molar-refractivity contribution in [3.63, 3.8) is 0 Å². The molecule has 0 spiro atoms. The summed E-state index contributed by atoms with van der Waals surface area (Å²) in [7, 11) is 0. The molecule has 0 N–H and O–H groups in total. The van der Waals surface area contributed by atoms with Crippen LogP contribution in [-0.4, -0.2) is 5.78 Å². The summed E-state index contributed by atoms with van der Waals surface area (Å²) in [6.45, 7) is 0. The van der Waals surface area contributed by atoms with Crippen molar-refractivity contribution < 1.29 is 4.79 Å². The van der Waals surface area contributed by atoms with Gasteiger partial charge < -0.3 is 0 Å². The van der Waals surface area contributed by atoms with Crippen LogP contribution in [0.4, 0.5) is 0 Å². The Morgan fingerprint density at radius 2 is 1.40 bits per heavy atom. The van der Waals surface area contributed by atoms with Crippen LogP contribution in [0.25, 0.3) is 0 Å². The third kappa shape index (κ3) is 0.898. The van der Waals surface area contributed by atoms with Crippen LogP contribution in [0.2, 0.25) is 0 Å². The molecule has 0 radical (unpaired) electrons. The molecule has 54 valence electrons. The van der Waals surface area contributed by atoms with Crippen LogP contribution in [-0.2, 0) is 4.79 Å². The summed E-state index contributed by atoms with van der Waals surface area (Å²) in [5.74, 6) is 0.451. The second kappa shape index (κ2) is 2.22. The van der Waals surface area contributed by atoms with Crippen molar-refractivity contribution in [3.8, 4) is 0 Å². The van der Waals surface area contributed by atoms with Gasteiger partial charge in [-0.15, -0.1) is 0 Å². The summed E-state index contributed by atoms with van der Waals surface area (Å²) < 4.78 is 0. The summed E-state index contributed by atoms with van der Waals surface area (Å²) in [5, 5.41) is 0. The largest absolute Gasteiger partial charge is 0.299 e. The van der Waals surface area contributed by atoms with E-state index in [0.29, 0.717) is 5.78 Å². The standard InChI is InChI=1S/C9H12O/c10-9-5-7-3-1-2-4-8(7)6-9/h1-6H2. The lowest BCUT2D eigenvalue weighted by Gasteiger charge is -2.11. The van der Waals surface area contributed by atoms with Crippen LogP contribution >= 0.6 is 0 Å². The Morgan fingerprint density at radius 3 is 1.90 bits per heavy atom. The molecule has 0 bridgehead atoms. The highest BCUT2D eigenvalue weighted by Gasteiger charge is 2.22. The maximum absolute atomic E-state index is 11.0. The first kappa shape index (κ1) is 6.14. The van der Waals surface area contributed by atoms with E-state index in [2.05, 4.69) is 0 Å². The fraction of sp³-hybridized carbons (Fsp3) is 0.667. The van der Waals surface area contributed by atoms with E-state index in [9.17, 15) is 4.79 Å². The van der Waals surface area contributed by atoms with Crippen LogP contribution in [0, 0.1) is 0 Å². The van der Waals surface area contributed by atoms with Gasteiger partial charge in [0.2, 0.25) is 0 Å². The van der Waals surface area contributed by atoms with Crippen molar-refractivity contribution in [1.29, 1.82) is 0 Å². The molecule has 1 nitrogen and oxygen atoms in total. The molecule has 0 amide bonds. The molecule has 10 heavy (non-hydrogen) atoms. The molecule has 0 heterocycles. The molecule has 0 aliphatic heterocycles. The minimum Gasteiger partial charge on any atom is -0.299 e. The van der Waals surface area contributed by atoms with Crippen LogP contribution in [0.5, 0.6) is 0 Å². The van der Waals surface area contributed by atoms with E-state index in [1.165, 1.54) is 36.8 Å². The molecule has 0 saturated carbocycles. The normalized spacial score (nSPS) is 25.4. The zero-order valence-corrected chi connectivity index (χ0v) is 6.15. The van der Waals surface area contributed by atoms with Crippen molar-refractivity contribution in [3.05, 3.63) is 11.1 Å². The van der Waals surface area contributed by atoms with Crippen molar-refractivity contribution in [2.24, 2.45) is 0 Å². The van der Waals surface area contributed by atoms with Gasteiger partial charge in [-0.3, -0.25) is 4.79 Å². The molecule has 2 rings (SSSR count). The zero-order chi connectivity index (χ0) is 6.97. The van der Waals surface area contributed by atoms with E-state index in [0.717, 1.165) is 12.8 Å². The predicted octanol–water partition coefficient (Wildman–Crippen LogP) is 2.22. The highest BCUT2D eigenvalue weighted by molar-refractivity contribution is 5.87. The lowest BCUT2D eigenvalue weighted by molar-refractivity contribution is -0.117. The summed E-state index contributed by atoms with van der Waals surface area (Å²) in [6.07, 6.45) is 6.62. The lowest BCUT2D eigenvalue weighted by Crippen LogP contribution is -1.92. The van der Waals surface area contributed by atoms with Gasteiger partial charge in [0.15, 0.2) is 0 Å². The van der Waals surface area contributed by atoms with E-state index >= 15 is 0 Å². The first-order valence-corrected chi connectivity index (χ1v) is 4.08. The average Bonchev–Trinajstić information content (AvgIpc) is 2.27. The summed E-state index contributed by atoms with van der Waals surface area (Å²) in [4.78, 5) is 11.0. The fourth-order valence-electron chi connectivity index (χ4n) is 2.00. The minimum atomic E-state index is 0.451. The Labute approximate surface area is 61.1 Å². The van der Waals surface area contributed by atoms with Gasteiger partial charge in [-0.2, -0.15) is 0 Å². The predicted molar refractivity (Wildman–Crippen MR) is 39.7 cm³/mol. The summed E-state index contributed by atoms with van der Waals surface area (Å²) in [5.41, 5.74) is 2.97. The Kier molecular flexibility index (Phi) is 1.37. The molecule has 0 fully saturated rings. The average molecular weight is 136 g/mol. The molecule has 2 aliphatic carbocycles. The fourth-order valence-corrected chi connectivity index (χ4v) is 2.00. The van der Waals surface area contributed by atoms with Gasteiger partial charge in [0.05, 0.1) is 0 Å². The molecule has 0 saturated heterocycles. The molecule has 0 unspecified atom stereocenters. The minimum absolute atomic E-state index is 0.451. The second-order valence-electron chi connectivity index (χ2n) is 3.31. The van der Waals surface area contributed by atoms with E-state index < -0.39 is 0 Å². The molecular formula is C9H12O. The van der Waals surface area contributed by atoms with E-state index in [4.69, 9.17) is 0 Å². The van der Waals surface area contributed by atoms with Crippen LogP contribution in [0.3, 0.4) is 0 Å². The molecule has 0 aromatic heterocycles. The van der Waals surface area contributed by atoms with Crippen LogP contribution < -0.4 is 0 Å². The van der Waals surface area contributed by atoms with Crippen LogP contribution in [0.1, 0.15) is 38.5 Å². The monoisotopic (exact) mass is 136 g/mol.